The highest BCUT2D eigenvalue weighted by atomic mass is 32.1. The van der Waals surface area contributed by atoms with Crippen molar-refractivity contribution < 1.29 is 24.5 Å². The quantitative estimate of drug-likeness (QED) is 0.0584. The van der Waals surface area contributed by atoms with Crippen molar-refractivity contribution in [3.63, 3.8) is 0 Å². The number of anilines is 1. The summed E-state index contributed by atoms with van der Waals surface area (Å²) in [4.78, 5) is 17.8. The minimum atomic E-state index is -1.21. The molecule has 1 aliphatic rings. The van der Waals surface area contributed by atoms with Gasteiger partial charge in [0.25, 0.3) is 0 Å². The minimum Gasteiger partial charge on any atom is -0.506 e. The van der Waals surface area contributed by atoms with Gasteiger partial charge in [-0.2, -0.15) is 0 Å². The Labute approximate surface area is 262 Å². The molecule has 4 aromatic rings. The van der Waals surface area contributed by atoms with Crippen LogP contribution in [0.1, 0.15) is 70.7 Å². The van der Waals surface area contributed by atoms with E-state index in [-0.39, 0.29) is 17.4 Å². The summed E-state index contributed by atoms with van der Waals surface area (Å²) in [6.07, 6.45) is 8.39. The molecule has 6 N–H and O–H groups in total. The van der Waals surface area contributed by atoms with E-state index in [0.29, 0.717) is 37.4 Å². The van der Waals surface area contributed by atoms with Crippen LogP contribution in [0.2, 0.25) is 0 Å². The van der Waals surface area contributed by atoms with Crippen molar-refractivity contribution in [3.05, 3.63) is 99.4 Å². The minimum absolute atomic E-state index is 0.0439. The maximum Gasteiger partial charge on any atom is 0.231 e. The van der Waals surface area contributed by atoms with E-state index in [1.807, 2.05) is 30.3 Å². The number of benzene rings is 2. The van der Waals surface area contributed by atoms with Crippen LogP contribution in [0.3, 0.4) is 0 Å². The van der Waals surface area contributed by atoms with E-state index in [1.165, 1.54) is 22.2 Å². The van der Waals surface area contributed by atoms with Gasteiger partial charge in [0.1, 0.15) is 11.5 Å². The molecule has 2 atom stereocenters. The number of nitrogens with one attached hydrogen (secondary N) is 3. The molecular weight excluding hydrogens is 576 g/mol. The number of hydrogen-bond acceptors (Lipinski definition) is 9. The molecule has 44 heavy (non-hydrogen) atoms. The second kappa shape index (κ2) is 15.5. The molecule has 1 saturated carbocycles. The number of aliphatic hydroxyl groups excluding tert-OH is 1. The van der Waals surface area contributed by atoms with Gasteiger partial charge >= 0.3 is 0 Å². The fourth-order valence-corrected chi connectivity index (χ4v) is 6.92. The van der Waals surface area contributed by atoms with Crippen LogP contribution in [0.4, 0.5) is 5.69 Å². The maximum absolute atomic E-state index is 12.0. The fourth-order valence-electron chi connectivity index (χ4n) is 5.93. The lowest BCUT2D eigenvalue weighted by molar-refractivity contribution is -0.105. The van der Waals surface area contributed by atoms with Gasteiger partial charge in [-0.3, -0.25) is 4.79 Å². The maximum atomic E-state index is 12.0. The highest BCUT2D eigenvalue weighted by molar-refractivity contribution is 7.11. The normalized spacial score (nSPS) is 16.0. The smallest absolute Gasteiger partial charge is 0.231 e. The number of aliphatic hydroxyl groups is 2. The summed E-state index contributed by atoms with van der Waals surface area (Å²) < 4.78 is 6.18. The predicted molar refractivity (Wildman–Crippen MR) is 172 cm³/mol. The molecule has 2 heterocycles. The lowest BCUT2D eigenvalue weighted by Gasteiger charge is -2.36. The Morgan fingerprint density at radius 2 is 1.77 bits per heavy atom. The van der Waals surface area contributed by atoms with Gasteiger partial charge in [0, 0.05) is 48.3 Å². The molecule has 0 saturated heterocycles. The van der Waals surface area contributed by atoms with Crippen LogP contribution < -0.4 is 16.0 Å². The Kier molecular flexibility index (Phi) is 11.2. The molecule has 2 aromatic carbocycles. The van der Waals surface area contributed by atoms with Gasteiger partial charge in [-0.1, -0.05) is 55.7 Å². The van der Waals surface area contributed by atoms with E-state index < -0.39 is 11.7 Å². The van der Waals surface area contributed by atoms with Crippen molar-refractivity contribution in [3.8, 4) is 5.75 Å². The summed E-state index contributed by atoms with van der Waals surface area (Å²) in [7, 11) is 0. The Morgan fingerprint density at radius 3 is 2.57 bits per heavy atom. The first-order valence-electron chi connectivity index (χ1n) is 15.4. The molecule has 1 aliphatic carbocycles. The molecule has 1 fully saturated rings. The van der Waals surface area contributed by atoms with Crippen LogP contribution >= 0.6 is 11.3 Å². The number of oxazole rings is 1. The van der Waals surface area contributed by atoms with Crippen LogP contribution in [0.15, 0.2) is 71.3 Å². The predicted octanol–water partition coefficient (Wildman–Crippen LogP) is 5.02. The van der Waals surface area contributed by atoms with Crippen molar-refractivity contribution in [2.45, 2.75) is 63.2 Å². The molecule has 1 amide bonds. The number of carbonyl (C=O) groups is 1. The Hall–Kier alpha value is -3.54. The zero-order valence-electron chi connectivity index (χ0n) is 24.9. The molecule has 0 radical (unpaired) electrons. The molecule has 9 nitrogen and oxygen atoms in total. The van der Waals surface area contributed by atoms with E-state index >= 15 is 0 Å². The number of phenolic OH excluding ortho intramolecular Hbond substituents is 1. The molecule has 234 valence electrons. The monoisotopic (exact) mass is 618 g/mol. The highest BCUT2D eigenvalue weighted by Crippen LogP contribution is 2.43. The van der Waals surface area contributed by atoms with Crippen LogP contribution in [0.5, 0.6) is 5.75 Å². The molecule has 0 aliphatic heterocycles. The van der Waals surface area contributed by atoms with Crippen LogP contribution in [-0.2, 0) is 29.8 Å². The number of hydrogen-bond donors (Lipinski definition) is 6. The number of aromatic nitrogens is 1. The molecule has 2 aromatic heterocycles. The SMILES string of the molecule is O=CNc1cc(C(O)CNCCc2ccc(CNCCc3cnc(C(O)(c4ccccc4)C4CCCCC4)o3)s2)ccc1O. The zero-order chi connectivity index (χ0) is 30.8. The van der Waals surface area contributed by atoms with Gasteiger partial charge in [-0.05, 0) is 54.7 Å². The Balaban J connectivity index is 1.05. The number of amides is 1. The Bertz CT molecular complexity index is 1470. The van der Waals surface area contributed by atoms with Gasteiger partial charge in [0.15, 0.2) is 5.60 Å². The second-order valence-corrected chi connectivity index (χ2v) is 12.7. The fraction of sp³-hybridized carbons (Fsp3) is 0.412. The van der Waals surface area contributed by atoms with Gasteiger partial charge in [0.05, 0.1) is 18.0 Å². The van der Waals surface area contributed by atoms with Crippen molar-refractivity contribution in [1.29, 1.82) is 0 Å². The van der Waals surface area contributed by atoms with Crippen LogP contribution in [-0.4, -0.2) is 46.3 Å². The third-order valence-electron chi connectivity index (χ3n) is 8.36. The van der Waals surface area contributed by atoms with Gasteiger partial charge in [-0.25, -0.2) is 4.98 Å². The second-order valence-electron chi connectivity index (χ2n) is 11.4. The van der Waals surface area contributed by atoms with Crippen LogP contribution in [0.25, 0.3) is 0 Å². The Morgan fingerprint density at radius 1 is 1.00 bits per heavy atom. The van der Waals surface area contributed by atoms with E-state index in [0.717, 1.165) is 56.5 Å². The topological polar surface area (TPSA) is 140 Å². The first-order chi connectivity index (χ1) is 21.5. The molecular formula is C34H42N4O5S. The third kappa shape index (κ3) is 7.94. The first kappa shape index (κ1) is 31.9. The summed E-state index contributed by atoms with van der Waals surface area (Å²) >= 11 is 1.76. The molecule has 2 unspecified atom stereocenters. The van der Waals surface area contributed by atoms with E-state index in [9.17, 15) is 20.1 Å². The zero-order valence-corrected chi connectivity index (χ0v) is 25.7. The number of rotatable bonds is 16. The summed E-state index contributed by atoms with van der Waals surface area (Å²) in [5.41, 5.74) is 0.517. The highest BCUT2D eigenvalue weighted by Gasteiger charge is 2.44. The van der Waals surface area contributed by atoms with Gasteiger partial charge < -0.3 is 35.7 Å². The summed E-state index contributed by atoms with van der Waals surface area (Å²) in [5.74, 6) is 1.21. The summed E-state index contributed by atoms with van der Waals surface area (Å²) in [6.45, 7) is 2.56. The lowest BCUT2D eigenvalue weighted by atomic mass is 9.73. The molecule has 10 heteroatoms. The van der Waals surface area contributed by atoms with Crippen LogP contribution in [0, 0.1) is 5.92 Å². The lowest BCUT2D eigenvalue weighted by Crippen LogP contribution is -2.38. The van der Waals surface area contributed by atoms with Crippen molar-refractivity contribution >= 4 is 23.4 Å². The summed E-state index contributed by atoms with van der Waals surface area (Å²) in [5, 5.41) is 41.4. The first-order valence-corrected chi connectivity index (χ1v) is 16.2. The van der Waals surface area contributed by atoms with Crippen molar-refractivity contribution in [1.82, 2.24) is 15.6 Å². The van der Waals surface area contributed by atoms with Crippen molar-refractivity contribution in [2.24, 2.45) is 5.92 Å². The summed E-state index contributed by atoms with van der Waals surface area (Å²) in [6, 6.07) is 18.7. The molecule has 5 rings (SSSR count). The average molecular weight is 619 g/mol. The molecule has 0 bridgehead atoms. The molecule has 0 spiro atoms. The van der Waals surface area contributed by atoms with E-state index in [1.54, 1.807) is 29.7 Å². The number of nitrogens with zero attached hydrogens (tertiary/aromatic N) is 1. The standard InChI is InChI=1S/C34H42N4O5S/c39-23-38-30-19-24(11-14-31(30)40)32(41)22-36-18-16-28-12-13-29(44-28)21-35-17-15-27-20-37-33(43-27)34(42,25-7-3-1-4-8-25)26-9-5-2-6-10-26/h1,3-4,7-8,11-14,19-20,23,26,32,35-36,40-42H,2,5-6,9-10,15-18,21-22H2,(H,38,39). The average Bonchev–Trinajstić information content (AvgIpc) is 3.73. The number of aromatic hydroxyl groups is 1. The third-order valence-corrected chi connectivity index (χ3v) is 9.50. The van der Waals surface area contributed by atoms with E-state index in [2.05, 4.69) is 33.1 Å². The number of thiophene rings is 1. The van der Waals surface area contributed by atoms with Gasteiger partial charge in [-0.15, -0.1) is 11.3 Å². The number of carbonyl (C=O) groups excluding carboxylic acids is 1. The number of phenols is 1. The van der Waals surface area contributed by atoms with E-state index in [4.69, 9.17) is 4.42 Å². The largest absolute Gasteiger partial charge is 0.506 e. The van der Waals surface area contributed by atoms with Gasteiger partial charge in [0.2, 0.25) is 12.3 Å². The van der Waals surface area contributed by atoms with Crippen molar-refractivity contribution in [2.75, 3.05) is 25.0 Å².